The Morgan fingerprint density at radius 3 is 2.57 bits per heavy atom. The Kier molecular flexibility index (Phi) is 5.81. The minimum absolute atomic E-state index is 0.0273. The maximum absolute atomic E-state index is 12.6. The number of methoxy groups -OCH3 is 1. The fraction of sp³-hybridized carbons (Fsp3) is 0.188. The first kappa shape index (κ1) is 17.1. The number of anilines is 1. The summed E-state index contributed by atoms with van der Waals surface area (Å²) in [5.74, 6) is -0.777. The van der Waals surface area contributed by atoms with Gasteiger partial charge in [0.15, 0.2) is 11.5 Å². The van der Waals surface area contributed by atoms with Crippen LogP contribution in [0.25, 0.3) is 0 Å². The van der Waals surface area contributed by atoms with Gasteiger partial charge in [-0.05, 0) is 30.5 Å². The van der Waals surface area contributed by atoms with Crippen LogP contribution in [0.3, 0.4) is 0 Å². The second kappa shape index (κ2) is 7.82. The van der Waals surface area contributed by atoms with E-state index < -0.39 is 12.5 Å². The Hall–Kier alpha value is -2.28. The third-order valence-electron chi connectivity index (χ3n) is 3.01. The van der Waals surface area contributed by atoms with Gasteiger partial charge in [-0.15, -0.1) is 11.8 Å². The van der Waals surface area contributed by atoms with E-state index in [1.807, 2.05) is 18.4 Å². The predicted molar refractivity (Wildman–Crippen MR) is 85.8 cm³/mol. The molecule has 2 aromatic rings. The van der Waals surface area contributed by atoms with Crippen LogP contribution in [0.4, 0.5) is 14.5 Å². The van der Waals surface area contributed by atoms with Crippen LogP contribution < -0.4 is 14.8 Å². The number of hydrogen-bond donors (Lipinski definition) is 1. The van der Waals surface area contributed by atoms with Crippen LogP contribution >= 0.6 is 11.8 Å². The standard InChI is InChI=1S/C16H15F2NO3S/c1-21-12-8-5-6-10(14(12)22-16(17)18)15(20)19-11-7-3-4-9-13(11)23-2/h3-9,16H,1-2H3,(H,19,20). The summed E-state index contributed by atoms with van der Waals surface area (Å²) in [4.78, 5) is 13.3. The second-order valence-electron chi connectivity index (χ2n) is 4.37. The molecule has 0 saturated carbocycles. The summed E-state index contributed by atoms with van der Waals surface area (Å²) in [7, 11) is 1.32. The molecule has 1 N–H and O–H groups in total. The number of alkyl halides is 2. The van der Waals surface area contributed by atoms with Crippen molar-refractivity contribution in [1.29, 1.82) is 0 Å². The van der Waals surface area contributed by atoms with Gasteiger partial charge in [-0.2, -0.15) is 8.78 Å². The van der Waals surface area contributed by atoms with E-state index >= 15 is 0 Å². The van der Waals surface area contributed by atoms with Crippen LogP contribution in [-0.2, 0) is 0 Å². The first-order chi connectivity index (χ1) is 11.1. The van der Waals surface area contributed by atoms with Crippen molar-refractivity contribution in [3.63, 3.8) is 0 Å². The molecule has 2 aromatic carbocycles. The molecule has 0 unspecified atom stereocenters. The summed E-state index contributed by atoms with van der Waals surface area (Å²) in [6, 6.07) is 11.6. The number of benzene rings is 2. The Morgan fingerprint density at radius 1 is 1.17 bits per heavy atom. The lowest BCUT2D eigenvalue weighted by Gasteiger charge is -2.15. The number of carbonyl (C=O) groups is 1. The molecule has 122 valence electrons. The predicted octanol–water partition coefficient (Wildman–Crippen LogP) is 4.27. The van der Waals surface area contributed by atoms with Crippen molar-refractivity contribution >= 4 is 23.4 Å². The Balaban J connectivity index is 2.35. The molecular weight excluding hydrogens is 324 g/mol. The highest BCUT2D eigenvalue weighted by molar-refractivity contribution is 7.98. The van der Waals surface area contributed by atoms with E-state index in [2.05, 4.69) is 10.1 Å². The number of rotatable bonds is 6. The number of thioether (sulfide) groups is 1. The summed E-state index contributed by atoms with van der Waals surface area (Å²) < 4.78 is 34.7. The van der Waals surface area contributed by atoms with Crippen LogP contribution in [0, 0.1) is 0 Å². The molecule has 0 aliphatic carbocycles. The van der Waals surface area contributed by atoms with Crippen molar-refractivity contribution < 1.29 is 23.0 Å². The minimum atomic E-state index is -3.06. The van der Waals surface area contributed by atoms with Crippen molar-refractivity contribution in [1.82, 2.24) is 0 Å². The normalized spacial score (nSPS) is 10.5. The molecule has 0 aliphatic rings. The topological polar surface area (TPSA) is 47.6 Å². The van der Waals surface area contributed by atoms with Gasteiger partial charge in [0.25, 0.3) is 5.91 Å². The van der Waals surface area contributed by atoms with Crippen LogP contribution in [0.15, 0.2) is 47.4 Å². The maximum Gasteiger partial charge on any atom is 0.387 e. The van der Waals surface area contributed by atoms with Gasteiger partial charge in [0, 0.05) is 4.90 Å². The Labute approximate surface area is 136 Å². The van der Waals surface area contributed by atoms with Gasteiger partial charge in [-0.1, -0.05) is 18.2 Å². The fourth-order valence-electron chi connectivity index (χ4n) is 2.00. The molecule has 7 heteroatoms. The smallest absolute Gasteiger partial charge is 0.387 e. The van der Waals surface area contributed by atoms with Crippen molar-refractivity contribution in [3.8, 4) is 11.5 Å². The zero-order valence-corrected chi connectivity index (χ0v) is 13.3. The Bertz CT molecular complexity index is 695. The summed E-state index contributed by atoms with van der Waals surface area (Å²) >= 11 is 1.46. The lowest BCUT2D eigenvalue weighted by Crippen LogP contribution is -2.16. The lowest BCUT2D eigenvalue weighted by molar-refractivity contribution is -0.0515. The van der Waals surface area contributed by atoms with Crippen LogP contribution in [-0.4, -0.2) is 25.9 Å². The first-order valence-corrected chi connectivity index (χ1v) is 7.85. The average Bonchev–Trinajstić information content (AvgIpc) is 2.55. The summed E-state index contributed by atoms with van der Waals surface area (Å²) in [5.41, 5.74) is 0.566. The van der Waals surface area contributed by atoms with Gasteiger partial charge in [-0.25, -0.2) is 0 Å². The quantitative estimate of drug-likeness (QED) is 0.799. The van der Waals surface area contributed by atoms with Gasteiger partial charge >= 0.3 is 6.61 Å². The third kappa shape index (κ3) is 4.13. The zero-order valence-electron chi connectivity index (χ0n) is 12.5. The van der Waals surface area contributed by atoms with E-state index in [9.17, 15) is 13.6 Å². The highest BCUT2D eigenvalue weighted by Crippen LogP contribution is 2.33. The number of ether oxygens (including phenoxy) is 2. The highest BCUT2D eigenvalue weighted by atomic mass is 32.2. The van der Waals surface area contributed by atoms with Gasteiger partial charge in [0.1, 0.15) is 0 Å². The number of nitrogens with one attached hydrogen (secondary N) is 1. The monoisotopic (exact) mass is 339 g/mol. The molecular formula is C16H15F2NO3S. The molecule has 0 saturated heterocycles. The molecule has 2 rings (SSSR count). The van der Waals surface area contributed by atoms with E-state index in [1.54, 1.807) is 12.1 Å². The molecule has 4 nitrogen and oxygen atoms in total. The molecule has 0 atom stereocenters. The van der Waals surface area contributed by atoms with Gasteiger partial charge in [0.2, 0.25) is 0 Å². The van der Waals surface area contributed by atoms with Crippen molar-refractivity contribution in [2.75, 3.05) is 18.7 Å². The van der Waals surface area contributed by atoms with Crippen LogP contribution in [0.5, 0.6) is 11.5 Å². The average molecular weight is 339 g/mol. The van der Waals surface area contributed by atoms with Crippen molar-refractivity contribution in [2.24, 2.45) is 0 Å². The van der Waals surface area contributed by atoms with Gasteiger partial charge < -0.3 is 14.8 Å². The molecule has 0 spiro atoms. The van der Waals surface area contributed by atoms with Gasteiger partial charge in [-0.3, -0.25) is 4.79 Å². The molecule has 0 aliphatic heterocycles. The maximum atomic E-state index is 12.6. The number of para-hydroxylation sites is 2. The molecule has 0 heterocycles. The van der Waals surface area contributed by atoms with E-state index in [4.69, 9.17) is 4.74 Å². The number of halogens is 2. The fourth-order valence-corrected chi connectivity index (χ4v) is 2.56. The molecule has 0 fully saturated rings. The number of hydrogen-bond acceptors (Lipinski definition) is 4. The molecule has 0 radical (unpaired) electrons. The van der Waals surface area contributed by atoms with E-state index in [1.165, 1.54) is 37.1 Å². The summed E-state index contributed by atoms with van der Waals surface area (Å²) in [6.45, 7) is -3.06. The molecule has 23 heavy (non-hydrogen) atoms. The first-order valence-electron chi connectivity index (χ1n) is 6.63. The van der Waals surface area contributed by atoms with Crippen LogP contribution in [0.1, 0.15) is 10.4 Å². The van der Waals surface area contributed by atoms with Crippen molar-refractivity contribution in [2.45, 2.75) is 11.5 Å². The van der Waals surface area contributed by atoms with Gasteiger partial charge in [0.05, 0.1) is 18.4 Å². The SMILES string of the molecule is COc1cccc(C(=O)Nc2ccccc2SC)c1OC(F)F. The van der Waals surface area contributed by atoms with E-state index in [-0.39, 0.29) is 17.1 Å². The number of carbonyl (C=O) groups excluding carboxylic acids is 1. The van der Waals surface area contributed by atoms with E-state index in [0.717, 1.165) is 4.90 Å². The zero-order chi connectivity index (χ0) is 16.8. The van der Waals surface area contributed by atoms with Crippen molar-refractivity contribution in [3.05, 3.63) is 48.0 Å². The van der Waals surface area contributed by atoms with E-state index in [0.29, 0.717) is 5.69 Å². The molecule has 0 bridgehead atoms. The summed E-state index contributed by atoms with van der Waals surface area (Å²) in [6.07, 6.45) is 1.88. The number of amides is 1. The third-order valence-corrected chi connectivity index (χ3v) is 3.80. The Morgan fingerprint density at radius 2 is 1.91 bits per heavy atom. The highest BCUT2D eigenvalue weighted by Gasteiger charge is 2.20. The molecule has 1 amide bonds. The summed E-state index contributed by atoms with van der Waals surface area (Å²) in [5, 5.41) is 2.70. The van der Waals surface area contributed by atoms with Crippen LogP contribution in [0.2, 0.25) is 0 Å². The lowest BCUT2D eigenvalue weighted by atomic mass is 10.1. The molecule has 0 aromatic heterocycles. The second-order valence-corrected chi connectivity index (χ2v) is 5.22. The largest absolute Gasteiger partial charge is 0.493 e. The minimum Gasteiger partial charge on any atom is -0.493 e.